The molecule has 2 amide bonds. The average Bonchev–Trinajstić information content (AvgIpc) is 2.85. The van der Waals surface area contributed by atoms with Crippen molar-refractivity contribution < 1.29 is 36.1 Å². The van der Waals surface area contributed by atoms with E-state index in [0.29, 0.717) is 0 Å². The zero-order valence-electron chi connectivity index (χ0n) is 22.7. The first-order valence-electron chi connectivity index (χ1n) is 12.1. The van der Waals surface area contributed by atoms with E-state index in [9.17, 15) is 31.4 Å². The molecule has 1 N–H and O–H groups in total. The number of hydrogen-bond donors (Lipinski definition) is 1. The van der Waals surface area contributed by atoms with Crippen molar-refractivity contribution in [2.75, 3.05) is 11.6 Å². The fourth-order valence-corrected chi connectivity index (χ4v) is 4.45. The molecule has 3 rings (SSSR count). The van der Waals surface area contributed by atoms with Crippen molar-refractivity contribution in [2.24, 2.45) is 4.36 Å². The Balaban J connectivity index is 0.00000178. The summed E-state index contributed by atoms with van der Waals surface area (Å²) in [7, 11) is -3.15. The zero-order chi connectivity index (χ0) is 30.3. The number of amides is 2. The Morgan fingerprint density at radius 2 is 1.73 bits per heavy atom. The van der Waals surface area contributed by atoms with Crippen molar-refractivity contribution in [2.45, 2.75) is 58.5 Å². The fourth-order valence-electron chi connectivity index (χ4n) is 3.15. The van der Waals surface area contributed by atoms with Gasteiger partial charge in [-0.25, -0.2) is 9.19 Å². The van der Waals surface area contributed by atoms with Gasteiger partial charge in [-0.3, -0.25) is 9.59 Å². The normalized spacial score (nSPS) is 12.4. The third-order valence-electron chi connectivity index (χ3n) is 5.00. The van der Waals surface area contributed by atoms with Crippen molar-refractivity contribution >= 4 is 27.2 Å². The molecule has 0 aliphatic rings. The van der Waals surface area contributed by atoms with E-state index in [2.05, 4.69) is 38.7 Å². The van der Waals surface area contributed by atoms with Gasteiger partial charge in [-0.05, 0) is 49.7 Å². The number of nitrogens with one attached hydrogen (secondary N) is 1. The number of rotatable bonds is 6. The molecule has 0 radical (unpaired) electrons. The Hall–Kier alpha value is -3.94. The number of aryl methyl sites for hydroxylation is 1. The Morgan fingerprint density at radius 1 is 1.07 bits per heavy atom. The highest BCUT2D eigenvalue weighted by atomic mass is 32.2. The largest absolute Gasteiger partial charge is 0.435 e. The molecule has 0 fully saturated rings. The maximum atomic E-state index is 13.5. The van der Waals surface area contributed by atoms with E-state index >= 15 is 0 Å². The topological polar surface area (TPSA) is 124 Å². The van der Waals surface area contributed by atoms with Crippen molar-refractivity contribution in [3.05, 3.63) is 64.9 Å². The SMILES string of the molecule is CCC.CCC(=O)N=S(C)(=O)c1cccc(NC(=O)c2c(Oc3ccc(F)nc3C)nnc(C(F)(F)F)c2C)c1. The number of carbonyl (C=O) groups is 2. The van der Waals surface area contributed by atoms with Gasteiger partial charge in [0, 0.05) is 23.3 Å². The van der Waals surface area contributed by atoms with Gasteiger partial charge in [0.05, 0.1) is 15.4 Å². The smallest absolute Gasteiger partial charge is 0.435 e. The van der Waals surface area contributed by atoms with Gasteiger partial charge in [0.15, 0.2) is 11.4 Å². The summed E-state index contributed by atoms with van der Waals surface area (Å²) >= 11 is 0. The van der Waals surface area contributed by atoms with Crippen LogP contribution in [0.4, 0.5) is 23.2 Å². The molecule has 216 valence electrons. The lowest BCUT2D eigenvalue weighted by atomic mass is 10.1. The third kappa shape index (κ3) is 8.28. The van der Waals surface area contributed by atoms with E-state index in [4.69, 9.17) is 4.74 Å². The van der Waals surface area contributed by atoms with Gasteiger partial charge in [-0.2, -0.15) is 21.9 Å². The van der Waals surface area contributed by atoms with Gasteiger partial charge in [0.25, 0.3) is 17.7 Å². The lowest BCUT2D eigenvalue weighted by Crippen LogP contribution is -2.21. The highest BCUT2D eigenvalue weighted by molar-refractivity contribution is 7.93. The Morgan fingerprint density at radius 3 is 2.30 bits per heavy atom. The molecule has 9 nitrogen and oxygen atoms in total. The average molecular weight is 584 g/mol. The zero-order valence-corrected chi connectivity index (χ0v) is 23.5. The van der Waals surface area contributed by atoms with Crippen LogP contribution in [0.5, 0.6) is 11.6 Å². The minimum Gasteiger partial charge on any atom is -0.435 e. The first-order valence-corrected chi connectivity index (χ1v) is 14.0. The molecule has 0 saturated heterocycles. The maximum absolute atomic E-state index is 13.5. The van der Waals surface area contributed by atoms with Crippen LogP contribution < -0.4 is 10.1 Å². The number of carbonyl (C=O) groups excluding carboxylic acids is 2. The van der Waals surface area contributed by atoms with Gasteiger partial charge < -0.3 is 10.1 Å². The Kier molecular flexibility index (Phi) is 10.8. The molecule has 1 unspecified atom stereocenters. The summed E-state index contributed by atoms with van der Waals surface area (Å²) in [6.07, 6.45) is -2.37. The number of pyridine rings is 1. The molecule has 2 heterocycles. The monoisotopic (exact) mass is 583 g/mol. The van der Waals surface area contributed by atoms with Gasteiger partial charge in [-0.1, -0.05) is 33.3 Å². The van der Waals surface area contributed by atoms with Gasteiger partial charge in [-0.15, -0.1) is 10.2 Å². The standard InChI is InChI=1S/C23H21F4N5O4S.C3H8/c1-5-18(33)32-37(4,35)15-8-6-7-14(11-15)29-21(34)19-12(2)20(23(25,26)27)30-31-22(19)36-16-9-10-17(24)28-13(16)3;1-3-2/h6-11H,5H2,1-4H3,(H,29,34);3H2,1-2H3. The molecule has 14 heteroatoms. The maximum Gasteiger partial charge on any atom is 0.435 e. The summed E-state index contributed by atoms with van der Waals surface area (Å²) in [5, 5.41) is 9.05. The van der Waals surface area contributed by atoms with E-state index < -0.39 is 56.4 Å². The summed E-state index contributed by atoms with van der Waals surface area (Å²) in [4.78, 5) is 28.6. The molecular formula is C26H29F4N5O4S. The molecule has 2 aromatic heterocycles. The molecule has 0 aliphatic heterocycles. The molecule has 0 spiro atoms. The Labute approximate surface area is 229 Å². The highest BCUT2D eigenvalue weighted by Crippen LogP contribution is 2.35. The number of alkyl halides is 3. The van der Waals surface area contributed by atoms with Crippen LogP contribution in [0.25, 0.3) is 0 Å². The van der Waals surface area contributed by atoms with Crippen LogP contribution in [0, 0.1) is 19.8 Å². The fraction of sp³-hybridized carbons (Fsp3) is 0.346. The van der Waals surface area contributed by atoms with Crippen molar-refractivity contribution in [1.29, 1.82) is 0 Å². The first-order chi connectivity index (χ1) is 18.6. The van der Waals surface area contributed by atoms with E-state index in [-0.39, 0.29) is 28.4 Å². The highest BCUT2D eigenvalue weighted by Gasteiger charge is 2.38. The van der Waals surface area contributed by atoms with Crippen LogP contribution in [0.1, 0.15) is 60.9 Å². The summed E-state index contributed by atoms with van der Waals surface area (Å²) < 4.78 is 76.0. The lowest BCUT2D eigenvalue weighted by molar-refractivity contribution is -0.142. The number of anilines is 1. The molecule has 1 atom stereocenters. The number of ether oxygens (including phenoxy) is 1. The molecule has 40 heavy (non-hydrogen) atoms. The van der Waals surface area contributed by atoms with Crippen LogP contribution in [0.15, 0.2) is 45.7 Å². The molecule has 0 bridgehead atoms. The van der Waals surface area contributed by atoms with Gasteiger partial charge >= 0.3 is 6.18 Å². The first kappa shape index (κ1) is 32.3. The van der Waals surface area contributed by atoms with Crippen LogP contribution in [0.2, 0.25) is 0 Å². The second-order valence-electron chi connectivity index (χ2n) is 8.50. The molecule has 0 aliphatic carbocycles. The molecular weight excluding hydrogens is 554 g/mol. The molecule has 1 aromatic carbocycles. The summed E-state index contributed by atoms with van der Waals surface area (Å²) in [5.74, 6) is -3.05. The summed E-state index contributed by atoms with van der Waals surface area (Å²) in [5.41, 5.74) is -2.43. The number of benzene rings is 1. The second kappa shape index (κ2) is 13.4. The van der Waals surface area contributed by atoms with Gasteiger partial charge in [0.2, 0.25) is 5.95 Å². The molecule has 3 aromatic rings. The summed E-state index contributed by atoms with van der Waals surface area (Å²) in [6, 6.07) is 7.71. The van der Waals surface area contributed by atoms with E-state index in [1.54, 1.807) is 6.92 Å². The summed E-state index contributed by atoms with van der Waals surface area (Å²) in [6.45, 7) is 8.23. The Bertz CT molecular complexity index is 1520. The minimum absolute atomic E-state index is 0.0446. The number of nitrogens with zero attached hydrogens (tertiary/aromatic N) is 4. The quantitative estimate of drug-likeness (QED) is 0.259. The minimum atomic E-state index is -4.92. The predicted octanol–water partition coefficient (Wildman–Crippen LogP) is 6.50. The van der Waals surface area contributed by atoms with Crippen LogP contribution in [-0.4, -0.2) is 37.5 Å². The van der Waals surface area contributed by atoms with Crippen molar-refractivity contribution in [3.63, 3.8) is 0 Å². The lowest BCUT2D eigenvalue weighted by Gasteiger charge is -2.16. The van der Waals surface area contributed by atoms with Crippen molar-refractivity contribution in [1.82, 2.24) is 15.2 Å². The van der Waals surface area contributed by atoms with E-state index in [1.165, 1.54) is 49.9 Å². The van der Waals surface area contributed by atoms with Crippen LogP contribution in [0.3, 0.4) is 0 Å². The number of hydrogen-bond acceptors (Lipinski definition) is 7. The van der Waals surface area contributed by atoms with Crippen LogP contribution in [-0.2, 0) is 20.7 Å². The second-order valence-corrected chi connectivity index (χ2v) is 10.8. The molecule has 0 saturated carbocycles. The van der Waals surface area contributed by atoms with Crippen LogP contribution >= 0.6 is 0 Å². The van der Waals surface area contributed by atoms with E-state index in [1.807, 2.05) is 0 Å². The van der Waals surface area contributed by atoms with E-state index in [0.717, 1.165) is 13.0 Å². The third-order valence-corrected chi connectivity index (χ3v) is 6.68. The number of halogens is 4. The predicted molar refractivity (Wildman–Crippen MR) is 141 cm³/mol. The van der Waals surface area contributed by atoms with Crippen molar-refractivity contribution in [3.8, 4) is 11.6 Å². The van der Waals surface area contributed by atoms with Gasteiger partial charge in [0.1, 0.15) is 5.56 Å². The number of aromatic nitrogens is 3.